The Hall–Kier alpha value is -3.50. The molecule has 160 valence electrons. The number of nitrogens with zero attached hydrogens (tertiary/aromatic N) is 3. The van der Waals surface area contributed by atoms with Crippen molar-refractivity contribution in [3.63, 3.8) is 0 Å². The van der Waals surface area contributed by atoms with Crippen LogP contribution in [0.15, 0.2) is 97.2 Å². The van der Waals surface area contributed by atoms with Crippen molar-refractivity contribution in [2.24, 2.45) is 0 Å². The van der Waals surface area contributed by atoms with Crippen LogP contribution in [0.5, 0.6) is 0 Å². The summed E-state index contributed by atoms with van der Waals surface area (Å²) in [5, 5.41) is 4.61. The first-order valence-electron chi connectivity index (χ1n) is 11.3. The van der Waals surface area contributed by atoms with Crippen molar-refractivity contribution in [3.8, 4) is 16.8 Å². The van der Waals surface area contributed by atoms with Gasteiger partial charge in [-0.3, -0.25) is 4.90 Å². The normalized spacial score (nSPS) is 19.0. The van der Waals surface area contributed by atoms with Gasteiger partial charge in [0.1, 0.15) is 6.29 Å². The third-order valence-electron chi connectivity index (χ3n) is 6.37. The Kier molecular flexibility index (Phi) is 5.95. The molecule has 2 unspecified atom stereocenters. The Labute approximate surface area is 189 Å². The maximum absolute atomic E-state index is 12.1. The Balaban J connectivity index is 1.48. The SMILES string of the molecule is O=CC1CCCC(c2ccnn2-c2ccccc2)N1Cc1cccc(-c2ccccc2)c1. The molecule has 0 amide bonds. The summed E-state index contributed by atoms with van der Waals surface area (Å²) in [6, 6.07) is 31.5. The molecule has 2 atom stereocenters. The Morgan fingerprint density at radius 2 is 1.59 bits per heavy atom. The van der Waals surface area contributed by atoms with Crippen molar-refractivity contribution in [2.75, 3.05) is 0 Å². The Morgan fingerprint density at radius 1 is 0.844 bits per heavy atom. The summed E-state index contributed by atoms with van der Waals surface area (Å²) in [5.74, 6) is 0. The number of piperidine rings is 1. The lowest BCUT2D eigenvalue weighted by atomic mass is 9.92. The zero-order valence-electron chi connectivity index (χ0n) is 18.0. The molecule has 0 aliphatic carbocycles. The molecule has 5 rings (SSSR count). The quantitative estimate of drug-likeness (QED) is 0.367. The van der Waals surface area contributed by atoms with Crippen molar-refractivity contribution >= 4 is 6.29 Å². The summed E-state index contributed by atoms with van der Waals surface area (Å²) in [4.78, 5) is 14.4. The molecule has 0 N–H and O–H groups in total. The molecule has 1 fully saturated rings. The van der Waals surface area contributed by atoms with E-state index < -0.39 is 0 Å². The second-order valence-electron chi connectivity index (χ2n) is 8.39. The number of carbonyl (C=O) groups is 1. The van der Waals surface area contributed by atoms with Gasteiger partial charge in [0, 0.05) is 12.7 Å². The van der Waals surface area contributed by atoms with E-state index in [1.54, 1.807) is 0 Å². The second kappa shape index (κ2) is 9.33. The van der Waals surface area contributed by atoms with Crippen LogP contribution in [0.25, 0.3) is 16.8 Å². The van der Waals surface area contributed by atoms with Crippen LogP contribution in [0, 0.1) is 0 Å². The van der Waals surface area contributed by atoms with Gasteiger partial charge in [0.05, 0.1) is 23.5 Å². The van der Waals surface area contributed by atoms with E-state index >= 15 is 0 Å². The summed E-state index contributed by atoms with van der Waals surface area (Å²) in [6.07, 6.45) is 5.94. The molecule has 4 heteroatoms. The van der Waals surface area contributed by atoms with Gasteiger partial charge in [0.15, 0.2) is 0 Å². The van der Waals surface area contributed by atoms with Crippen LogP contribution >= 0.6 is 0 Å². The van der Waals surface area contributed by atoms with Crippen molar-refractivity contribution in [3.05, 3.63) is 108 Å². The highest BCUT2D eigenvalue weighted by Crippen LogP contribution is 2.36. The van der Waals surface area contributed by atoms with Crippen molar-refractivity contribution < 1.29 is 4.79 Å². The lowest BCUT2D eigenvalue weighted by Gasteiger charge is -2.40. The van der Waals surface area contributed by atoms with Crippen LogP contribution in [0.3, 0.4) is 0 Å². The van der Waals surface area contributed by atoms with Gasteiger partial charge >= 0.3 is 0 Å². The summed E-state index contributed by atoms with van der Waals surface area (Å²) in [6.45, 7) is 0.731. The van der Waals surface area contributed by atoms with E-state index in [2.05, 4.69) is 76.7 Å². The molecule has 32 heavy (non-hydrogen) atoms. The van der Waals surface area contributed by atoms with Gasteiger partial charge in [-0.25, -0.2) is 4.68 Å². The second-order valence-corrected chi connectivity index (χ2v) is 8.39. The van der Waals surface area contributed by atoms with E-state index in [-0.39, 0.29) is 12.1 Å². The highest BCUT2D eigenvalue weighted by Gasteiger charge is 2.33. The number of hydrogen-bond donors (Lipinski definition) is 0. The molecule has 4 aromatic rings. The first-order valence-corrected chi connectivity index (χ1v) is 11.3. The molecule has 2 heterocycles. The Bertz CT molecular complexity index is 1170. The molecule has 1 aromatic heterocycles. The number of hydrogen-bond acceptors (Lipinski definition) is 3. The van der Waals surface area contributed by atoms with Crippen LogP contribution in [0.4, 0.5) is 0 Å². The first-order chi connectivity index (χ1) is 15.8. The molecule has 0 spiro atoms. The number of benzene rings is 3. The molecule has 1 aliphatic heterocycles. The average molecular weight is 422 g/mol. The van der Waals surface area contributed by atoms with Crippen LogP contribution in [0.2, 0.25) is 0 Å². The number of para-hydroxylation sites is 1. The first kappa shape index (κ1) is 20.4. The fourth-order valence-corrected chi connectivity index (χ4v) is 4.82. The van der Waals surface area contributed by atoms with Crippen LogP contribution in [-0.2, 0) is 11.3 Å². The smallest absolute Gasteiger partial charge is 0.137 e. The third-order valence-corrected chi connectivity index (χ3v) is 6.37. The van der Waals surface area contributed by atoms with Gasteiger partial charge in [-0.05, 0) is 60.2 Å². The lowest BCUT2D eigenvalue weighted by molar-refractivity contribution is -0.115. The number of aldehydes is 1. The molecule has 3 aromatic carbocycles. The molecule has 0 saturated carbocycles. The molecule has 4 nitrogen and oxygen atoms in total. The van der Waals surface area contributed by atoms with Crippen molar-refractivity contribution in [1.29, 1.82) is 0 Å². The van der Waals surface area contributed by atoms with Gasteiger partial charge in [0.2, 0.25) is 0 Å². The third kappa shape index (κ3) is 4.14. The highest BCUT2D eigenvalue weighted by molar-refractivity contribution is 5.64. The summed E-state index contributed by atoms with van der Waals surface area (Å²) < 4.78 is 2.02. The van der Waals surface area contributed by atoms with Gasteiger partial charge in [0.25, 0.3) is 0 Å². The van der Waals surface area contributed by atoms with E-state index in [1.807, 2.05) is 35.1 Å². The fourth-order valence-electron chi connectivity index (χ4n) is 4.82. The minimum atomic E-state index is -0.0896. The summed E-state index contributed by atoms with van der Waals surface area (Å²) in [7, 11) is 0. The highest BCUT2D eigenvalue weighted by atomic mass is 16.1. The molecule has 1 aliphatic rings. The van der Waals surface area contributed by atoms with Crippen LogP contribution in [0.1, 0.15) is 36.6 Å². The average Bonchev–Trinajstić information content (AvgIpc) is 3.35. The van der Waals surface area contributed by atoms with Gasteiger partial charge in [-0.1, -0.05) is 66.7 Å². The standard InChI is InChI=1S/C28H27N3O/c32-21-26-15-8-16-27(28-17-18-29-31(28)25-13-5-2-6-14-25)30(26)20-22-9-7-12-24(19-22)23-10-3-1-4-11-23/h1-7,9-14,17-19,21,26-27H,8,15-16,20H2. The van der Waals surface area contributed by atoms with Gasteiger partial charge in [-0.15, -0.1) is 0 Å². The molecule has 0 bridgehead atoms. The molecular weight excluding hydrogens is 394 g/mol. The zero-order valence-corrected chi connectivity index (χ0v) is 18.0. The van der Waals surface area contributed by atoms with Crippen molar-refractivity contribution in [2.45, 2.75) is 37.9 Å². The number of likely N-dealkylation sites (tertiary alicyclic amines) is 1. The van der Waals surface area contributed by atoms with Crippen LogP contribution < -0.4 is 0 Å². The van der Waals surface area contributed by atoms with Gasteiger partial charge in [-0.2, -0.15) is 5.10 Å². The summed E-state index contributed by atoms with van der Waals surface area (Å²) >= 11 is 0. The predicted octanol–water partition coefficient (Wildman–Crippen LogP) is 5.83. The van der Waals surface area contributed by atoms with E-state index in [9.17, 15) is 4.79 Å². The lowest BCUT2D eigenvalue weighted by Crippen LogP contribution is -2.42. The minimum absolute atomic E-state index is 0.0896. The van der Waals surface area contributed by atoms with E-state index in [1.165, 1.54) is 16.7 Å². The largest absolute Gasteiger partial charge is 0.302 e. The van der Waals surface area contributed by atoms with E-state index in [0.717, 1.165) is 43.5 Å². The van der Waals surface area contributed by atoms with E-state index in [4.69, 9.17) is 0 Å². The zero-order chi connectivity index (χ0) is 21.8. The van der Waals surface area contributed by atoms with Crippen molar-refractivity contribution in [1.82, 2.24) is 14.7 Å². The maximum atomic E-state index is 12.1. The monoisotopic (exact) mass is 421 g/mol. The van der Waals surface area contributed by atoms with E-state index in [0.29, 0.717) is 0 Å². The number of carbonyl (C=O) groups excluding carboxylic acids is 1. The number of aromatic nitrogens is 2. The predicted molar refractivity (Wildman–Crippen MR) is 127 cm³/mol. The number of rotatable bonds is 6. The minimum Gasteiger partial charge on any atom is -0.302 e. The molecular formula is C28H27N3O. The van der Waals surface area contributed by atoms with Crippen LogP contribution in [-0.4, -0.2) is 27.0 Å². The van der Waals surface area contributed by atoms with Gasteiger partial charge < -0.3 is 4.79 Å². The summed E-state index contributed by atoms with van der Waals surface area (Å²) in [5.41, 5.74) is 5.82. The fraction of sp³-hybridized carbons (Fsp3) is 0.214. The molecule has 0 radical (unpaired) electrons. The maximum Gasteiger partial charge on any atom is 0.137 e. The molecule has 1 saturated heterocycles. The topological polar surface area (TPSA) is 38.1 Å². The Morgan fingerprint density at radius 3 is 2.38 bits per heavy atom.